The van der Waals surface area contributed by atoms with Gasteiger partial charge >= 0.3 is 16.3 Å². The summed E-state index contributed by atoms with van der Waals surface area (Å²) in [5.41, 5.74) is 2.47. The van der Waals surface area contributed by atoms with Crippen molar-refractivity contribution in [3.05, 3.63) is 23.0 Å². The zero-order valence-corrected chi connectivity index (χ0v) is 24.6. The average Bonchev–Trinajstić information content (AvgIpc) is 3.41. The lowest BCUT2D eigenvalue weighted by molar-refractivity contribution is -0.449. The maximum atomic E-state index is 13.4. The molecule has 2 aromatic rings. The number of ether oxygens (including phenoxy) is 1. The first-order valence-electron chi connectivity index (χ1n) is 13.6. The number of piperidine rings is 1. The third-order valence-electron chi connectivity index (χ3n) is 7.71. The predicted molar refractivity (Wildman–Crippen MR) is 150 cm³/mol. The molecule has 9 N–H and O–H groups in total. The number of hydrogen-bond donors (Lipinski definition) is 8. The molecule has 0 radical (unpaired) electrons. The van der Waals surface area contributed by atoms with Gasteiger partial charge in [0.15, 0.2) is 28.8 Å². The van der Waals surface area contributed by atoms with E-state index in [0.717, 1.165) is 42.1 Å². The molecule has 0 aromatic carbocycles. The summed E-state index contributed by atoms with van der Waals surface area (Å²) in [4.78, 5) is 35.3. The van der Waals surface area contributed by atoms with Gasteiger partial charge < -0.3 is 41.7 Å². The lowest BCUT2D eigenvalue weighted by atomic mass is 9.84. The molecule has 0 spiro atoms. The molecule has 2 unspecified atom stereocenters. The lowest BCUT2D eigenvalue weighted by Crippen LogP contribution is -2.95. The fourth-order valence-electron chi connectivity index (χ4n) is 5.17. The van der Waals surface area contributed by atoms with Crippen LogP contribution in [0.2, 0.25) is 0 Å². The number of anilines is 1. The van der Waals surface area contributed by atoms with Gasteiger partial charge in [-0.05, 0) is 25.9 Å². The zero-order chi connectivity index (χ0) is 31.3. The number of rotatable bonds is 12. The molecule has 22 heteroatoms. The van der Waals surface area contributed by atoms with Crippen LogP contribution in [0.1, 0.15) is 37.1 Å². The van der Waals surface area contributed by atoms with Crippen LogP contribution >= 0.6 is 11.3 Å². The van der Waals surface area contributed by atoms with E-state index in [2.05, 4.69) is 41.6 Å². The molecule has 20 nitrogen and oxygen atoms in total. The summed E-state index contributed by atoms with van der Waals surface area (Å²) in [5.74, 6) is -1.97. The minimum Gasteiger partial charge on any atom is -0.478 e. The van der Waals surface area contributed by atoms with Crippen LogP contribution in [0.5, 0.6) is 0 Å². The Morgan fingerprint density at radius 3 is 2.68 bits per heavy atom. The molecule has 3 atom stereocenters. The molecule has 44 heavy (non-hydrogen) atoms. The molecular weight excluding hydrogens is 624 g/mol. The monoisotopic (exact) mass is 654 g/mol. The number of amides is 1. The van der Waals surface area contributed by atoms with Crippen molar-refractivity contribution >= 4 is 50.3 Å². The minimum absolute atomic E-state index is 0.0203. The molecule has 1 saturated carbocycles. The van der Waals surface area contributed by atoms with Crippen LogP contribution < -0.4 is 27.0 Å². The van der Waals surface area contributed by atoms with Gasteiger partial charge in [-0.2, -0.15) is 23.4 Å². The van der Waals surface area contributed by atoms with Crippen molar-refractivity contribution in [1.29, 1.82) is 5.41 Å². The van der Waals surface area contributed by atoms with Crippen LogP contribution in [0.15, 0.2) is 16.7 Å². The lowest BCUT2D eigenvalue weighted by Gasteiger charge is -2.70. The number of carbonyl (C=O) groups excluding carboxylic acids is 1. The van der Waals surface area contributed by atoms with E-state index in [1.807, 2.05) is 0 Å². The number of hydrogen-bond acceptors (Lipinski definition) is 14. The second kappa shape index (κ2) is 11.2. The van der Waals surface area contributed by atoms with Crippen LogP contribution in [0.3, 0.4) is 0 Å². The number of aromatic nitrogens is 4. The van der Waals surface area contributed by atoms with E-state index in [1.165, 1.54) is 11.6 Å². The fraction of sp³-hybridized carbons (Fsp3) is 0.591. The average molecular weight is 655 g/mol. The highest BCUT2D eigenvalue weighted by Gasteiger charge is 2.79. The molecule has 238 valence electrons. The fourth-order valence-corrected chi connectivity index (χ4v) is 6.75. The van der Waals surface area contributed by atoms with Crippen LogP contribution in [-0.2, 0) is 42.6 Å². The highest BCUT2D eigenvalue weighted by Crippen LogP contribution is 2.54. The van der Waals surface area contributed by atoms with E-state index < -0.39 is 45.8 Å². The normalized spacial score (nSPS) is 26.2. The van der Waals surface area contributed by atoms with Crippen molar-refractivity contribution < 1.29 is 37.2 Å². The Labute approximate surface area is 253 Å². The molecule has 2 aromatic heterocycles. The Balaban J connectivity index is 1.13. The number of thiazole rings is 1. The van der Waals surface area contributed by atoms with Gasteiger partial charge in [-0.25, -0.2) is 9.78 Å². The van der Waals surface area contributed by atoms with E-state index in [1.54, 1.807) is 0 Å². The molecule has 4 saturated heterocycles. The summed E-state index contributed by atoms with van der Waals surface area (Å²) in [6, 6.07) is -0.800. The van der Waals surface area contributed by atoms with Gasteiger partial charge in [0, 0.05) is 24.3 Å². The number of carbonyl (C=O) groups is 2. The first kappa shape index (κ1) is 30.1. The van der Waals surface area contributed by atoms with Crippen molar-refractivity contribution in [1.82, 2.24) is 45.6 Å². The van der Waals surface area contributed by atoms with Gasteiger partial charge in [-0.3, -0.25) is 14.8 Å². The van der Waals surface area contributed by atoms with Crippen LogP contribution in [0.25, 0.3) is 0 Å². The van der Waals surface area contributed by atoms with Crippen LogP contribution in [-0.4, -0.2) is 109 Å². The van der Waals surface area contributed by atoms with Crippen LogP contribution in [0.4, 0.5) is 5.13 Å². The van der Waals surface area contributed by atoms with Crippen molar-refractivity contribution in [3.8, 4) is 0 Å². The quantitative estimate of drug-likeness (QED) is 0.0503. The molecule has 1 amide bonds. The standard InChI is InChI=1S/C22H30N12O8S2/c23-19(28-11-1-5-25-6-2-11)26-7-12-8-27-33(31-12)10-22-15(17(41-22)34(22)44(38,39)40)30-16(35)14(13-9-43-20(24)29-13)32-42-21(3-4-21)18(36)37/h8-9,11,15,17,25H,1-7,10H2,(H2,24,29)(H,30,35)(H,36,37)(H3,23,26,28)(H,38,39,40)/b32-14-/t15-,17?,22?/m0/s1. The van der Waals surface area contributed by atoms with Crippen molar-refractivity contribution in [2.45, 2.75) is 68.4 Å². The third kappa shape index (κ3) is 5.66. The number of aliphatic carboxylic acids is 1. The number of nitrogen functional groups attached to an aromatic ring is 1. The van der Waals surface area contributed by atoms with E-state index >= 15 is 0 Å². The van der Waals surface area contributed by atoms with E-state index in [4.69, 9.17) is 20.7 Å². The second-order valence-corrected chi connectivity index (χ2v) is 12.9. The number of carboxylic acids is 1. The minimum atomic E-state index is -4.75. The highest BCUT2D eigenvalue weighted by atomic mass is 32.2. The van der Waals surface area contributed by atoms with Crippen LogP contribution in [0, 0.1) is 5.41 Å². The number of guanidine groups is 1. The molecule has 2 bridgehead atoms. The summed E-state index contributed by atoms with van der Waals surface area (Å²) in [6.45, 7) is 1.59. The van der Waals surface area contributed by atoms with E-state index in [-0.39, 0.29) is 54.5 Å². The maximum absolute atomic E-state index is 13.4. The Hall–Kier alpha value is -3.96. The van der Waals surface area contributed by atoms with Gasteiger partial charge in [0.05, 0.1) is 12.7 Å². The number of oxime groups is 1. The summed E-state index contributed by atoms with van der Waals surface area (Å²) in [6.07, 6.45) is 2.39. The first-order valence-corrected chi connectivity index (χ1v) is 15.8. The number of nitrogens with zero attached hydrogens (tertiary/aromatic N) is 6. The van der Waals surface area contributed by atoms with E-state index in [9.17, 15) is 27.7 Å². The molecule has 6 heterocycles. The third-order valence-corrected chi connectivity index (χ3v) is 9.39. The molecule has 5 fully saturated rings. The SMILES string of the molecule is N=C(NCc1cnn(CC23OC([C@@H]2NC(=O)/C(=N\OC2(C(=O)O)CC2)c2csc(N)n2)N3S(=O)(=O)O)n1)NC1CCNCC1. The summed E-state index contributed by atoms with van der Waals surface area (Å²) in [5, 5.41) is 43.2. The van der Waals surface area contributed by atoms with Crippen molar-refractivity contribution in [2.75, 3.05) is 18.8 Å². The smallest absolute Gasteiger partial charge is 0.350 e. The second-order valence-electron chi connectivity index (χ2n) is 10.7. The van der Waals surface area contributed by atoms with Crippen molar-refractivity contribution in [2.24, 2.45) is 5.16 Å². The zero-order valence-electron chi connectivity index (χ0n) is 23.0. The Morgan fingerprint density at radius 2 is 2.07 bits per heavy atom. The molecule has 4 aliphatic heterocycles. The Kier molecular flexibility index (Phi) is 7.65. The highest BCUT2D eigenvalue weighted by molar-refractivity contribution is 7.83. The first-order chi connectivity index (χ1) is 20.9. The summed E-state index contributed by atoms with van der Waals surface area (Å²) in [7, 11) is -4.75. The molecule has 7 rings (SSSR count). The Bertz CT molecular complexity index is 1600. The predicted octanol–water partition coefficient (Wildman–Crippen LogP) is -2.62. The van der Waals surface area contributed by atoms with Gasteiger partial charge in [0.1, 0.15) is 24.0 Å². The van der Waals surface area contributed by atoms with Gasteiger partial charge in [-0.15, -0.1) is 15.6 Å². The molecular formula is C22H30N12O8S2. The molecule has 5 aliphatic rings. The largest absolute Gasteiger partial charge is 0.478 e. The number of carboxylic acid groups (broad SMARTS) is 1. The van der Waals surface area contributed by atoms with Gasteiger partial charge in [-0.1, -0.05) is 5.16 Å². The summed E-state index contributed by atoms with van der Waals surface area (Å²) < 4.78 is 40.4. The summed E-state index contributed by atoms with van der Waals surface area (Å²) >= 11 is 1.02. The van der Waals surface area contributed by atoms with Gasteiger partial charge in [0.2, 0.25) is 5.60 Å². The van der Waals surface area contributed by atoms with Gasteiger partial charge in [0.25, 0.3) is 5.91 Å². The molecule has 1 aliphatic carbocycles. The van der Waals surface area contributed by atoms with E-state index in [0.29, 0.717) is 10.00 Å². The Morgan fingerprint density at radius 1 is 1.32 bits per heavy atom. The maximum Gasteiger partial charge on any atom is 0.350 e. The number of nitrogens with two attached hydrogens (primary N) is 1. The topological polar surface area (TPSA) is 284 Å². The number of nitrogens with one attached hydrogen (secondary N) is 5. The van der Waals surface area contributed by atoms with Crippen molar-refractivity contribution in [3.63, 3.8) is 0 Å².